The molecular formula is C14H28N2O. The van der Waals surface area contributed by atoms with E-state index >= 15 is 0 Å². The zero-order valence-electron chi connectivity index (χ0n) is 11.3. The highest BCUT2D eigenvalue weighted by Gasteiger charge is 2.28. The lowest BCUT2D eigenvalue weighted by Crippen LogP contribution is -2.35. The fourth-order valence-electron chi connectivity index (χ4n) is 3.20. The minimum absolute atomic E-state index is 0.120. The molecule has 0 aromatic rings. The summed E-state index contributed by atoms with van der Waals surface area (Å²) in [6.45, 7) is 8.36. The van der Waals surface area contributed by atoms with E-state index in [2.05, 4.69) is 9.80 Å². The highest BCUT2D eigenvalue weighted by molar-refractivity contribution is 4.85. The van der Waals surface area contributed by atoms with Crippen molar-refractivity contribution in [3.05, 3.63) is 0 Å². The molecule has 2 saturated heterocycles. The van der Waals surface area contributed by atoms with Gasteiger partial charge in [-0.05, 0) is 71.6 Å². The van der Waals surface area contributed by atoms with Gasteiger partial charge in [-0.1, -0.05) is 0 Å². The molecule has 2 rings (SSSR count). The summed E-state index contributed by atoms with van der Waals surface area (Å²) in [7, 11) is 0. The Balaban J connectivity index is 1.57. The van der Waals surface area contributed by atoms with Gasteiger partial charge in [0.25, 0.3) is 0 Å². The van der Waals surface area contributed by atoms with E-state index in [0.717, 1.165) is 12.5 Å². The molecule has 0 radical (unpaired) electrons. The van der Waals surface area contributed by atoms with Gasteiger partial charge in [0.2, 0.25) is 0 Å². The third-order valence-corrected chi connectivity index (χ3v) is 4.25. The Morgan fingerprint density at radius 1 is 1.18 bits per heavy atom. The predicted octanol–water partition coefficient (Wildman–Crippen LogP) is 1.71. The average Bonchev–Trinajstić information content (AvgIpc) is 2.94. The first-order valence-corrected chi connectivity index (χ1v) is 7.40. The molecule has 0 spiro atoms. The lowest BCUT2D eigenvalue weighted by molar-refractivity contribution is 0.177. The van der Waals surface area contributed by atoms with Crippen LogP contribution in [0.1, 0.15) is 45.4 Å². The van der Waals surface area contributed by atoms with E-state index in [-0.39, 0.29) is 6.10 Å². The summed E-state index contributed by atoms with van der Waals surface area (Å²) in [6, 6.07) is 0.842. The number of unbranched alkanes of at least 4 members (excludes halogenated alkanes) is 1. The molecule has 0 bridgehead atoms. The van der Waals surface area contributed by atoms with Crippen molar-refractivity contribution in [2.24, 2.45) is 0 Å². The number of hydrogen-bond acceptors (Lipinski definition) is 3. The van der Waals surface area contributed by atoms with E-state index in [1.54, 1.807) is 0 Å². The van der Waals surface area contributed by atoms with Crippen molar-refractivity contribution in [3.63, 3.8) is 0 Å². The topological polar surface area (TPSA) is 26.7 Å². The van der Waals surface area contributed by atoms with E-state index < -0.39 is 0 Å². The van der Waals surface area contributed by atoms with Crippen molar-refractivity contribution in [1.29, 1.82) is 0 Å². The molecule has 2 aliphatic rings. The molecule has 3 nitrogen and oxygen atoms in total. The quantitative estimate of drug-likeness (QED) is 0.716. The normalized spacial score (nSPS) is 28.9. The maximum atomic E-state index is 9.21. The number of likely N-dealkylation sites (tertiary alicyclic amines) is 2. The van der Waals surface area contributed by atoms with Crippen LogP contribution in [0.3, 0.4) is 0 Å². The van der Waals surface area contributed by atoms with Crippen molar-refractivity contribution < 1.29 is 5.11 Å². The predicted molar refractivity (Wildman–Crippen MR) is 71.2 cm³/mol. The van der Waals surface area contributed by atoms with Crippen LogP contribution in [0.5, 0.6) is 0 Å². The Hall–Kier alpha value is -0.120. The van der Waals surface area contributed by atoms with Gasteiger partial charge in [0.15, 0.2) is 0 Å². The summed E-state index contributed by atoms with van der Waals surface area (Å²) in [4.78, 5) is 5.31. The molecule has 0 amide bonds. The Bertz CT molecular complexity index is 214. The minimum Gasteiger partial charge on any atom is -0.393 e. The summed E-state index contributed by atoms with van der Waals surface area (Å²) in [6.07, 6.45) is 7.45. The molecule has 0 aromatic carbocycles. The number of hydrogen-bond donors (Lipinski definition) is 1. The van der Waals surface area contributed by atoms with Gasteiger partial charge in [0.05, 0.1) is 6.10 Å². The van der Waals surface area contributed by atoms with Crippen LogP contribution in [0.25, 0.3) is 0 Å². The largest absolute Gasteiger partial charge is 0.393 e. The Morgan fingerprint density at radius 2 is 1.94 bits per heavy atom. The molecule has 17 heavy (non-hydrogen) atoms. The van der Waals surface area contributed by atoms with Crippen molar-refractivity contribution in [1.82, 2.24) is 9.80 Å². The average molecular weight is 240 g/mol. The summed E-state index contributed by atoms with van der Waals surface area (Å²) < 4.78 is 0. The standard InChI is InChI=1S/C14H28N2O/c1-13(17)6-2-3-8-15-11-7-14(12-15)16-9-4-5-10-16/h13-14,17H,2-12H2,1H3. The molecule has 2 atom stereocenters. The van der Waals surface area contributed by atoms with Gasteiger partial charge in [-0.2, -0.15) is 0 Å². The molecule has 100 valence electrons. The first-order chi connectivity index (χ1) is 8.25. The van der Waals surface area contributed by atoms with Crippen molar-refractivity contribution >= 4 is 0 Å². The monoisotopic (exact) mass is 240 g/mol. The smallest absolute Gasteiger partial charge is 0.0512 e. The lowest BCUT2D eigenvalue weighted by atomic mass is 10.2. The van der Waals surface area contributed by atoms with Gasteiger partial charge in [0, 0.05) is 12.6 Å². The molecule has 1 N–H and O–H groups in total. The number of rotatable bonds is 6. The van der Waals surface area contributed by atoms with E-state index in [1.165, 1.54) is 64.8 Å². The molecule has 3 heteroatoms. The van der Waals surface area contributed by atoms with E-state index in [9.17, 15) is 5.11 Å². The SMILES string of the molecule is CC(O)CCCCN1CCC(N2CCCC2)C1. The maximum Gasteiger partial charge on any atom is 0.0512 e. The van der Waals surface area contributed by atoms with Crippen LogP contribution in [-0.4, -0.2) is 59.8 Å². The van der Waals surface area contributed by atoms with E-state index in [4.69, 9.17) is 0 Å². The molecular weight excluding hydrogens is 212 g/mol. The third-order valence-electron chi connectivity index (χ3n) is 4.25. The van der Waals surface area contributed by atoms with Gasteiger partial charge in [-0.25, -0.2) is 0 Å². The van der Waals surface area contributed by atoms with E-state index in [1.807, 2.05) is 6.92 Å². The van der Waals surface area contributed by atoms with Crippen LogP contribution in [0.2, 0.25) is 0 Å². The van der Waals surface area contributed by atoms with Crippen molar-refractivity contribution in [2.75, 3.05) is 32.7 Å². The fraction of sp³-hybridized carbons (Fsp3) is 1.00. The Morgan fingerprint density at radius 3 is 2.65 bits per heavy atom. The highest BCUT2D eigenvalue weighted by atomic mass is 16.3. The Kier molecular flexibility index (Phi) is 5.26. The van der Waals surface area contributed by atoms with Crippen molar-refractivity contribution in [3.8, 4) is 0 Å². The maximum absolute atomic E-state index is 9.21. The first-order valence-electron chi connectivity index (χ1n) is 7.40. The van der Waals surface area contributed by atoms with Crippen LogP contribution >= 0.6 is 0 Å². The second-order valence-corrected chi connectivity index (χ2v) is 5.83. The molecule has 0 aromatic heterocycles. The molecule has 0 aliphatic carbocycles. The van der Waals surface area contributed by atoms with Crippen LogP contribution in [0, 0.1) is 0 Å². The lowest BCUT2D eigenvalue weighted by Gasteiger charge is -2.23. The second-order valence-electron chi connectivity index (χ2n) is 5.83. The summed E-state index contributed by atoms with van der Waals surface area (Å²) in [5, 5.41) is 9.21. The second kappa shape index (κ2) is 6.72. The van der Waals surface area contributed by atoms with Crippen LogP contribution < -0.4 is 0 Å². The zero-order chi connectivity index (χ0) is 12.1. The summed E-state index contributed by atoms with van der Waals surface area (Å²) in [5.74, 6) is 0. The molecule has 2 unspecified atom stereocenters. The van der Waals surface area contributed by atoms with Crippen LogP contribution in [0.15, 0.2) is 0 Å². The van der Waals surface area contributed by atoms with Gasteiger partial charge < -0.3 is 10.0 Å². The molecule has 2 heterocycles. The Labute approximate surface area is 106 Å². The first kappa shape index (κ1) is 13.3. The number of nitrogens with zero attached hydrogens (tertiary/aromatic N) is 2. The highest BCUT2D eigenvalue weighted by Crippen LogP contribution is 2.20. The van der Waals surface area contributed by atoms with Crippen LogP contribution in [0.4, 0.5) is 0 Å². The van der Waals surface area contributed by atoms with Crippen LogP contribution in [-0.2, 0) is 0 Å². The molecule has 2 fully saturated rings. The van der Waals surface area contributed by atoms with Gasteiger partial charge in [-0.15, -0.1) is 0 Å². The molecule has 0 saturated carbocycles. The number of aliphatic hydroxyl groups is 1. The van der Waals surface area contributed by atoms with Crippen molar-refractivity contribution in [2.45, 2.75) is 57.6 Å². The van der Waals surface area contributed by atoms with Gasteiger partial charge in [-0.3, -0.25) is 4.90 Å². The number of aliphatic hydroxyl groups excluding tert-OH is 1. The minimum atomic E-state index is -0.120. The zero-order valence-corrected chi connectivity index (χ0v) is 11.3. The van der Waals surface area contributed by atoms with Gasteiger partial charge >= 0.3 is 0 Å². The summed E-state index contributed by atoms with van der Waals surface area (Å²) >= 11 is 0. The van der Waals surface area contributed by atoms with E-state index in [0.29, 0.717) is 0 Å². The van der Waals surface area contributed by atoms with Gasteiger partial charge in [0.1, 0.15) is 0 Å². The third kappa shape index (κ3) is 4.23. The summed E-state index contributed by atoms with van der Waals surface area (Å²) in [5.41, 5.74) is 0. The molecule has 2 aliphatic heterocycles. The fourth-order valence-corrected chi connectivity index (χ4v) is 3.20.